The maximum atomic E-state index is 10.9. The third-order valence-electron chi connectivity index (χ3n) is 4.73. The molecule has 0 heterocycles. The Bertz CT molecular complexity index is 266. The van der Waals surface area contributed by atoms with Crippen LogP contribution in [-0.2, 0) is 4.79 Å². The van der Waals surface area contributed by atoms with Crippen LogP contribution in [-0.4, -0.2) is 17.6 Å². The fourth-order valence-corrected chi connectivity index (χ4v) is 3.87. The molecule has 3 N–H and O–H groups in total. The molecule has 2 rings (SSSR count). The Morgan fingerprint density at radius 1 is 1.53 bits per heavy atom. The summed E-state index contributed by atoms with van der Waals surface area (Å²) in [6.07, 6.45) is 5.09. The van der Waals surface area contributed by atoms with E-state index in [1.807, 2.05) is 0 Å². The molecular formula is C12H21NO2. The van der Waals surface area contributed by atoms with Crippen molar-refractivity contribution in [3.8, 4) is 0 Å². The lowest BCUT2D eigenvalue weighted by atomic mass is 9.53. The molecule has 4 atom stereocenters. The van der Waals surface area contributed by atoms with E-state index in [1.54, 1.807) is 0 Å². The Kier molecular flexibility index (Phi) is 2.75. The Labute approximate surface area is 91.0 Å². The van der Waals surface area contributed by atoms with Gasteiger partial charge in [-0.25, -0.2) is 0 Å². The molecule has 0 aliphatic heterocycles. The van der Waals surface area contributed by atoms with E-state index in [-0.39, 0.29) is 11.8 Å². The molecule has 0 spiro atoms. The first-order chi connectivity index (χ1) is 7.11. The van der Waals surface area contributed by atoms with Crippen LogP contribution < -0.4 is 5.73 Å². The number of fused-ring (bicyclic) bond motifs is 1. The van der Waals surface area contributed by atoms with Crippen molar-refractivity contribution in [1.82, 2.24) is 0 Å². The lowest BCUT2D eigenvalue weighted by Gasteiger charge is -2.51. The number of carboxylic acid groups (broad SMARTS) is 1. The monoisotopic (exact) mass is 211 g/mol. The summed E-state index contributed by atoms with van der Waals surface area (Å²) in [5, 5.41) is 8.93. The number of carbonyl (C=O) groups is 1. The van der Waals surface area contributed by atoms with E-state index in [2.05, 4.69) is 6.92 Å². The lowest BCUT2D eigenvalue weighted by molar-refractivity contribution is -0.145. The highest BCUT2D eigenvalue weighted by atomic mass is 16.4. The molecule has 2 saturated carbocycles. The van der Waals surface area contributed by atoms with Crippen LogP contribution in [0.25, 0.3) is 0 Å². The van der Waals surface area contributed by atoms with Gasteiger partial charge < -0.3 is 10.8 Å². The summed E-state index contributed by atoms with van der Waals surface area (Å²) in [6, 6.07) is 0. The van der Waals surface area contributed by atoms with E-state index in [0.717, 1.165) is 18.3 Å². The number of hydrogen-bond acceptors (Lipinski definition) is 2. The van der Waals surface area contributed by atoms with Gasteiger partial charge in [-0.3, -0.25) is 4.79 Å². The molecule has 3 nitrogen and oxygen atoms in total. The van der Waals surface area contributed by atoms with Gasteiger partial charge in [-0.1, -0.05) is 13.3 Å². The summed E-state index contributed by atoms with van der Waals surface area (Å²) in [7, 11) is 0. The van der Waals surface area contributed by atoms with E-state index < -0.39 is 5.97 Å². The first-order valence-corrected chi connectivity index (χ1v) is 6.03. The van der Waals surface area contributed by atoms with Gasteiger partial charge in [0.15, 0.2) is 0 Å². The molecule has 0 radical (unpaired) electrons. The number of nitrogens with two attached hydrogens (primary N) is 1. The second-order valence-electron chi connectivity index (χ2n) is 5.45. The first-order valence-electron chi connectivity index (χ1n) is 6.03. The SMILES string of the molecule is CC[C@H]1CC2[C@H](C1)C[C@]2(CN)CC(=O)O. The lowest BCUT2D eigenvalue weighted by Crippen LogP contribution is -2.51. The van der Waals surface area contributed by atoms with Gasteiger partial charge in [0.05, 0.1) is 6.42 Å². The van der Waals surface area contributed by atoms with Crippen molar-refractivity contribution in [3.05, 3.63) is 0 Å². The second kappa shape index (κ2) is 3.78. The van der Waals surface area contributed by atoms with Crippen LogP contribution in [0.15, 0.2) is 0 Å². The van der Waals surface area contributed by atoms with Crippen molar-refractivity contribution in [1.29, 1.82) is 0 Å². The van der Waals surface area contributed by atoms with Crippen LogP contribution in [0, 0.1) is 23.2 Å². The molecule has 2 fully saturated rings. The van der Waals surface area contributed by atoms with Crippen molar-refractivity contribution < 1.29 is 9.90 Å². The molecule has 0 bridgehead atoms. The van der Waals surface area contributed by atoms with Gasteiger partial charge in [-0.2, -0.15) is 0 Å². The van der Waals surface area contributed by atoms with Gasteiger partial charge in [0.1, 0.15) is 0 Å². The van der Waals surface area contributed by atoms with Crippen molar-refractivity contribution >= 4 is 5.97 Å². The third-order valence-corrected chi connectivity index (χ3v) is 4.73. The zero-order valence-electron chi connectivity index (χ0n) is 9.41. The van der Waals surface area contributed by atoms with Crippen molar-refractivity contribution in [3.63, 3.8) is 0 Å². The predicted octanol–water partition coefficient (Wildman–Crippen LogP) is 1.86. The van der Waals surface area contributed by atoms with E-state index in [4.69, 9.17) is 10.8 Å². The molecule has 0 aromatic carbocycles. The van der Waals surface area contributed by atoms with Crippen LogP contribution in [0.2, 0.25) is 0 Å². The highest BCUT2D eigenvalue weighted by Crippen LogP contribution is 2.62. The van der Waals surface area contributed by atoms with E-state index in [1.165, 1.54) is 19.3 Å². The van der Waals surface area contributed by atoms with E-state index in [0.29, 0.717) is 12.5 Å². The minimum absolute atomic E-state index is 0.0551. The first kappa shape index (κ1) is 10.9. The fraction of sp³-hybridized carbons (Fsp3) is 0.917. The van der Waals surface area contributed by atoms with Crippen LogP contribution in [0.5, 0.6) is 0 Å². The van der Waals surface area contributed by atoms with Crippen LogP contribution in [0.4, 0.5) is 0 Å². The molecule has 0 amide bonds. The maximum Gasteiger partial charge on any atom is 0.303 e. The fourth-order valence-electron chi connectivity index (χ4n) is 3.87. The van der Waals surface area contributed by atoms with E-state index in [9.17, 15) is 4.79 Å². The summed E-state index contributed by atoms with van der Waals surface area (Å²) in [5.74, 6) is 1.52. The molecule has 2 aliphatic carbocycles. The predicted molar refractivity (Wildman–Crippen MR) is 58.4 cm³/mol. The molecular weight excluding hydrogens is 190 g/mol. The second-order valence-corrected chi connectivity index (χ2v) is 5.45. The van der Waals surface area contributed by atoms with Crippen LogP contribution in [0.1, 0.15) is 39.0 Å². The quantitative estimate of drug-likeness (QED) is 0.746. The number of rotatable bonds is 4. The minimum atomic E-state index is -0.682. The number of hydrogen-bond donors (Lipinski definition) is 2. The molecule has 1 unspecified atom stereocenters. The smallest absolute Gasteiger partial charge is 0.303 e. The number of aliphatic carboxylic acids is 1. The van der Waals surface area contributed by atoms with Gasteiger partial charge in [0.2, 0.25) is 0 Å². The Balaban J connectivity index is 2.03. The van der Waals surface area contributed by atoms with Gasteiger partial charge in [0, 0.05) is 0 Å². The molecule has 86 valence electrons. The zero-order chi connectivity index (χ0) is 11.1. The minimum Gasteiger partial charge on any atom is -0.481 e. The van der Waals surface area contributed by atoms with Crippen molar-refractivity contribution in [2.24, 2.45) is 28.9 Å². The molecule has 2 aliphatic rings. The largest absolute Gasteiger partial charge is 0.481 e. The average molecular weight is 211 g/mol. The summed E-state index contributed by atoms with van der Waals surface area (Å²) >= 11 is 0. The highest BCUT2D eigenvalue weighted by Gasteiger charge is 2.57. The average Bonchev–Trinajstić information content (AvgIpc) is 2.53. The maximum absolute atomic E-state index is 10.9. The van der Waals surface area contributed by atoms with Crippen LogP contribution >= 0.6 is 0 Å². The highest BCUT2D eigenvalue weighted by molar-refractivity contribution is 5.68. The summed E-state index contributed by atoms with van der Waals surface area (Å²) in [5.41, 5.74) is 5.74. The van der Waals surface area contributed by atoms with E-state index >= 15 is 0 Å². The summed E-state index contributed by atoms with van der Waals surface area (Å²) in [4.78, 5) is 10.9. The van der Waals surface area contributed by atoms with Crippen LogP contribution in [0.3, 0.4) is 0 Å². The molecule has 0 saturated heterocycles. The Morgan fingerprint density at radius 2 is 2.27 bits per heavy atom. The summed E-state index contributed by atoms with van der Waals surface area (Å²) < 4.78 is 0. The molecule has 0 aromatic rings. The topological polar surface area (TPSA) is 63.3 Å². The van der Waals surface area contributed by atoms with Gasteiger partial charge in [-0.05, 0) is 49.0 Å². The Morgan fingerprint density at radius 3 is 2.80 bits per heavy atom. The molecule has 0 aromatic heterocycles. The Hall–Kier alpha value is -0.570. The van der Waals surface area contributed by atoms with Gasteiger partial charge in [-0.15, -0.1) is 0 Å². The van der Waals surface area contributed by atoms with Gasteiger partial charge >= 0.3 is 5.97 Å². The van der Waals surface area contributed by atoms with Crippen molar-refractivity contribution in [2.75, 3.05) is 6.54 Å². The molecule has 3 heteroatoms. The third kappa shape index (κ3) is 1.67. The standard InChI is InChI=1S/C12H21NO2/c1-2-8-3-9-5-12(7-13,6-11(14)15)10(9)4-8/h8-10H,2-7,13H2,1H3,(H,14,15)/t8-,9-,10?,12-/m1/s1. The zero-order valence-corrected chi connectivity index (χ0v) is 9.41. The number of carboxylic acids is 1. The normalized spacial score (nSPS) is 43.5. The van der Waals surface area contributed by atoms with Crippen molar-refractivity contribution in [2.45, 2.75) is 39.0 Å². The summed E-state index contributed by atoms with van der Waals surface area (Å²) in [6.45, 7) is 2.79. The van der Waals surface area contributed by atoms with Gasteiger partial charge in [0.25, 0.3) is 0 Å². The molecule has 15 heavy (non-hydrogen) atoms.